The molecule has 0 atom stereocenters. The Balaban J connectivity index is 1.35. The maximum absolute atomic E-state index is 13.9. The fourth-order valence-electron chi connectivity index (χ4n) is 4.57. The highest BCUT2D eigenvalue weighted by Crippen LogP contribution is 2.35. The lowest BCUT2D eigenvalue weighted by molar-refractivity contribution is -0.130. The molecule has 2 fully saturated rings. The normalized spacial score (nSPS) is 18.3. The number of carbonyl (C=O) groups excluding carboxylic acids is 2. The molecule has 0 spiro atoms. The van der Waals surface area contributed by atoms with Crippen molar-refractivity contribution in [2.75, 3.05) is 51.4 Å². The molecule has 34 heavy (non-hydrogen) atoms. The van der Waals surface area contributed by atoms with E-state index in [0.29, 0.717) is 70.0 Å². The number of rotatable bonds is 8. The second kappa shape index (κ2) is 11.6. The Bertz CT molecular complexity index is 988. The molecule has 2 aliphatic rings. The molecule has 2 saturated heterocycles. The molecule has 2 aromatic rings. The van der Waals surface area contributed by atoms with E-state index >= 15 is 0 Å². The van der Waals surface area contributed by atoms with Crippen LogP contribution in [0.5, 0.6) is 0 Å². The molecule has 2 heterocycles. The number of amides is 2. The van der Waals surface area contributed by atoms with E-state index in [1.807, 2.05) is 24.3 Å². The van der Waals surface area contributed by atoms with Crippen molar-refractivity contribution in [3.8, 4) is 0 Å². The fourth-order valence-corrected chi connectivity index (χ4v) is 4.57. The smallest absolute Gasteiger partial charge is 0.231 e. The molecule has 2 amide bonds. The van der Waals surface area contributed by atoms with Crippen LogP contribution < -0.4 is 10.6 Å². The van der Waals surface area contributed by atoms with Gasteiger partial charge in [-0.15, -0.1) is 0 Å². The van der Waals surface area contributed by atoms with Crippen LogP contribution in [0.4, 0.5) is 10.1 Å². The zero-order chi connectivity index (χ0) is 23.8. The number of carbonyl (C=O) groups is 2. The molecule has 0 unspecified atom stereocenters. The number of nitrogens with one attached hydrogen (secondary N) is 2. The van der Waals surface area contributed by atoms with Crippen molar-refractivity contribution in [3.05, 3.63) is 65.5 Å². The first-order chi connectivity index (χ1) is 16.5. The minimum Gasteiger partial charge on any atom is -0.381 e. The number of benzene rings is 2. The molecule has 8 heteroatoms. The average Bonchev–Trinajstić information content (AvgIpc) is 2.87. The number of hydrogen-bond acceptors (Lipinski definition) is 5. The third-order valence-electron chi connectivity index (χ3n) is 6.58. The third kappa shape index (κ3) is 6.20. The minimum absolute atomic E-state index is 0.0417. The van der Waals surface area contributed by atoms with Crippen LogP contribution in [-0.4, -0.2) is 62.8 Å². The maximum Gasteiger partial charge on any atom is 0.231 e. The van der Waals surface area contributed by atoms with Crippen LogP contribution in [0.2, 0.25) is 0 Å². The fraction of sp³-hybridized carbons (Fsp3) is 0.462. The highest BCUT2D eigenvalue weighted by Gasteiger charge is 2.41. The van der Waals surface area contributed by atoms with E-state index in [1.165, 1.54) is 12.1 Å². The van der Waals surface area contributed by atoms with Crippen LogP contribution >= 0.6 is 0 Å². The van der Waals surface area contributed by atoms with Gasteiger partial charge in [0.2, 0.25) is 11.8 Å². The summed E-state index contributed by atoms with van der Waals surface area (Å²) in [7, 11) is 0. The Morgan fingerprint density at radius 1 is 0.971 bits per heavy atom. The van der Waals surface area contributed by atoms with Gasteiger partial charge in [0, 0.05) is 51.5 Å². The van der Waals surface area contributed by atoms with Crippen LogP contribution in [-0.2, 0) is 31.0 Å². The third-order valence-corrected chi connectivity index (χ3v) is 6.58. The molecule has 0 aromatic heterocycles. The highest BCUT2D eigenvalue weighted by molar-refractivity contribution is 5.91. The van der Waals surface area contributed by atoms with Crippen molar-refractivity contribution in [1.29, 1.82) is 0 Å². The summed E-state index contributed by atoms with van der Waals surface area (Å²) in [6.07, 6.45) is 1.42. The molecule has 0 aliphatic carbocycles. The summed E-state index contributed by atoms with van der Waals surface area (Å²) in [6, 6.07) is 13.7. The zero-order valence-corrected chi connectivity index (χ0v) is 19.4. The van der Waals surface area contributed by atoms with E-state index in [1.54, 1.807) is 12.1 Å². The van der Waals surface area contributed by atoms with Gasteiger partial charge in [0.05, 0.1) is 18.6 Å². The van der Waals surface area contributed by atoms with Gasteiger partial charge in [0.25, 0.3) is 0 Å². The monoisotopic (exact) mass is 469 g/mol. The minimum atomic E-state index is -0.814. The summed E-state index contributed by atoms with van der Waals surface area (Å²) in [5.41, 5.74) is 1.44. The largest absolute Gasteiger partial charge is 0.381 e. The molecule has 0 radical (unpaired) electrons. The number of halogens is 1. The quantitative estimate of drug-likeness (QED) is 0.622. The van der Waals surface area contributed by atoms with Crippen molar-refractivity contribution in [3.63, 3.8) is 0 Å². The van der Waals surface area contributed by atoms with Crippen LogP contribution in [0.3, 0.4) is 0 Å². The molecule has 0 saturated carbocycles. The summed E-state index contributed by atoms with van der Waals surface area (Å²) in [6.45, 7) is 5.06. The van der Waals surface area contributed by atoms with E-state index in [4.69, 9.17) is 9.47 Å². The standard InChI is InChI=1S/C26H32FN3O4/c27-22-5-2-4-21(18-22)26(8-13-33-14-9-26)25(32)28-19-20-3-1-6-23(17-20)29-24(31)7-10-30-11-15-34-16-12-30/h1-6,17-18H,7-16,19H2,(H,28,32)(H,29,31). The molecule has 0 bridgehead atoms. The predicted molar refractivity (Wildman–Crippen MR) is 127 cm³/mol. The van der Waals surface area contributed by atoms with Crippen molar-refractivity contribution in [1.82, 2.24) is 10.2 Å². The number of hydrogen-bond donors (Lipinski definition) is 2. The van der Waals surface area contributed by atoms with E-state index < -0.39 is 5.41 Å². The van der Waals surface area contributed by atoms with Crippen molar-refractivity contribution >= 4 is 17.5 Å². The highest BCUT2D eigenvalue weighted by atomic mass is 19.1. The SMILES string of the molecule is O=C(CCN1CCOCC1)Nc1cccc(CNC(=O)C2(c3cccc(F)c3)CCOCC2)c1. The Labute approximate surface area is 199 Å². The van der Waals surface area contributed by atoms with E-state index in [9.17, 15) is 14.0 Å². The summed E-state index contributed by atoms with van der Waals surface area (Å²) in [5, 5.41) is 5.97. The van der Waals surface area contributed by atoms with Crippen LogP contribution in [0.25, 0.3) is 0 Å². The molecule has 2 N–H and O–H groups in total. The first-order valence-corrected chi connectivity index (χ1v) is 11.9. The van der Waals surface area contributed by atoms with Crippen LogP contribution in [0, 0.1) is 5.82 Å². The number of nitrogens with zero attached hydrogens (tertiary/aromatic N) is 1. The number of anilines is 1. The lowest BCUT2D eigenvalue weighted by atomic mass is 9.73. The molecule has 182 valence electrons. The van der Waals surface area contributed by atoms with Crippen LogP contribution in [0.15, 0.2) is 48.5 Å². The van der Waals surface area contributed by atoms with Crippen LogP contribution in [0.1, 0.15) is 30.4 Å². The molecular formula is C26H32FN3O4. The van der Waals surface area contributed by atoms with E-state index in [0.717, 1.165) is 18.7 Å². The van der Waals surface area contributed by atoms with E-state index in [2.05, 4.69) is 15.5 Å². The van der Waals surface area contributed by atoms with Crippen molar-refractivity contribution < 1.29 is 23.5 Å². The Kier molecular flexibility index (Phi) is 8.26. The average molecular weight is 470 g/mol. The summed E-state index contributed by atoms with van der Waals surface area (Å²) < 4.78 is 24.7. The zero-order valence-electron chi connectivity index (χ0n) is 19.4. The van der Waals surface area contributed by atoms with Gasteiger partial charge in [0.1, 0.15) is 5.82 Å². The summed E-state index contributed by atoms with van der Waals surface area (Å²) in [4.78, 5) is 27.9. The van der Waals surface area contributed by atoms with Gasteiger partial charge in [-0.3, -0.25) is 14.5 Å². The summed E-state index contributed by atoms with van der Waals surface area (Å²) >= 11 is 0. The lowest BCUT2D eigenvalue weighted by Gasteiger charge is -2.36. The molecule has 2 aromatic carbocycles. The van der Waals surface area contributed by atoms with Gasteiger partial charge < -0.3 is 20.1 Å². The Morgan fingerprint density at radius 2 is 1.71 bits per heavy atom. The maximum atomic E-state index is 13.9. The van der Waals surface area contributed by atoms with Gasteiger partial charge in [-0.1, -0.05) is 24.3 Å². The molecular weight excluding hydrogens is 437 g/mol. The first kappa shape index (κ1) is 24.3. The van der Waals surface area contributed by atoms with Gasteiger partial charge >= 0.3 is 0 Å². The Morgan fingerprint density at radius 3 is 2.47 bits per heavy atom. The topological polar surface area (TPSA) is 79.9 Å². The van der Waals surface area contributed by atoms with Gasteiger partial charge in [-0.2, -0.15) is 0 Å². The predicted octanol–water partition coefficient (Wildman–Crippen LogP) is 2.85. The van der Waals surface area contributed by atoms with Crippen molar-refractivity contribution in [2.24, 2.45) is 0 Å². The Hall–Kier alpha value is -2.81. The number of ether oxygens (including phenoxy) is 2. The summed E-state index contributed by atoms with van der Waals surface area (Å²) in [5.74, 6) is -0.533. The van der Waals surface area contributed by atoms with Gasteiger partial charge in [-0.05, 0) is 48.2 Å². The van der Waals surface area contributed by atoms with Crippen molar-refractivity contribution in [2.45, 2.75) is 31.2 Å². The molecule has 2 aliphatic heterocycles. The second-order valence-corrected chi connectivity index (χ2v) is 8.84. The number of morpholine rings is 1. The molecule has 7 nitrogen and oxygen atoms in total. The van der Waals surface area contributed by atoms with Gasteiger partial charge in [-0.25, -0.2) is 4.39 Å². The van der Waals surface area contributed by atoms with E-state index in [-0.39, 0.29) is 17.6 Å². The van der Waals surface area contributed by atoms with Gasteiger partial charge in [0.15, 0.2) is 0 Å². The lowest BCUT2D eigenvalue weighted by Crippen LogP contribution is -2.47. The first-order valence-electron chi connectivity index (χ1n) is 11.9. The molecule has 4 rings (SSSR count). The second-order valence-electron chi connectivity index (χ2n) is 8.84.